The van der Waals surface area contributed by atoms with Gasteiger partial charge < -0.3 is 10.2 Å². The van der Waals surface area contributed by atoms with E-state index in [0.717, 1.165) is 0 Å². The van der Waals surface area contributed by atoms with Crippen LogP contribution < -0.4 is 0 Å². The Morgan fingerprint density at radius 1 is 1.31 bits per heavy atom. The fourth-order valence-electron chi connectivity index (χ4n) is 1.05. The van der Waals surface area contributed by atoms with Crippen molar-refractivity contribution in [1.82, 2.24) is 0 Å². The zero-order valence-corrected chi connectivity index (χ0v) is 8.39. The standard InChI is InChI=1S/C9H10Cl2O2/c10-6-1-2-8(11)7(5-6)9(13)3-4-12/h1-2,5,9,12-13H,3-4H2/t9-/m0/s1. The number of benzene rings is 1. The predicted octanol–water partition coefficient (Wildman–Crippen LogP) is 2.41. The van der Waals surface area contributed by atoms with Crippen LogP contribution in [-0.2, 0) is 0 Å². The lowest BCUT2D eigenvalue weighted by atomic mass is 10.1. The van der Waals surface area contributed by atoms with Gasteiger partial charge in [0.2, 0.25) is 0 Å². The minimum Gasteiger partial charge on any atom is -0.396 e. The van der Waals surface area contributed by atoms with Crippen LogP contribution in [0.4, 0.5) is 0 Å². The molecule has 0 fully saturated rings. The van der Waals surface area contributed by atoms with Crippen molar-refractivity contribution in [2.24, 2.45) is 0 Å². The first-order chi connectivity index (χ1) is 6.15. The van der Waals surface area contributed by atoms with Gasteiger partial charge in [-0.25, -0.2) is 0 Å². The van der Waals surface area contributed by atoms with Crippen molar-refractivity contribution in [3.63, 3.8) is 0 Å². The van der Waals surface area contributed by atoms with E-state index in [1.807, 2.05) is 0 Å². The highest BCUT2D eigenvalue weighted by Crippen LogP contribution is 2.27. The maximum Gasteiger partial charge on any atom is 0.0826 e. The largest absolute Gasteiger partial charge is 0.396 e. The second kappa shape index (κ2) is 4.82. The Morgan fingerprint density at radius 2 is 2.00 bits per heavy atom. The summed E-state index contributed by atoms with van der Waals surface area (Å²) in [6.07, 6.45) is -0.490. The average molecular weight is 221 g/mol. The second-order valence-electron chi connectivity index (χ2n) is 2.69. The van der Waals surface area contributed by atoms with E-state index in [9.17, 15) is 5.11 Å². The zero-order chi connectivity index (χ0) is 9.84. The van der Waals surface area contributed by atoms with Gasteiger partial charge in [0.15, 0.2) is 0 Å². The fourth-order valence-corrected chi connectivity index (χ4v) is 1.47. The summed E-state index contributed by atoms with van der Waals surface area (Å²) < 4.78 is 0. The monoisotopic (exact) mass is 220 g/mol. The summed E-state index contributed by atoms with van der Waals surface area (Å²) >= 11 is 11.6. The minimum absolute atomic E-state index is 0.0794. The molecular formula is C9H10Cl2O2. The van der Waals surface area contributed by atoms with Crippen molar-refractivity contribution in [3.8, 4) is 0 Å². The first kappa shape index (κ1) is 10.8. The molecule has 1 rings (SSSR count). The first-order valence-electron chi connectivity index (χ1n) is 3.89. The molecule has 2 nitrogen and oxygen atoms in total. The summed E-state index contributed by atoms with van der Waals surface area (Å²) in [7, 11) is 0. The fraction of sp³-hybridized carbons (Fsp3) is 0.333. The van der Waals surface area contributed by atoms with E-state index in [1.165, 1.54) is 0 Å². The maximum atomic E-state index is 9.52. The summed E-state index contributed by atoms with van der Waals surface area (Å²) in [5, 5.41) is 19.1. The second-order valence-corrected chi connectivity index (χ2v) is 3.54. The quantitative estimate of drug-likeness (QED) is 0.822. The molecule has 0 aromatic heterocycles. The Bertz CT molecular complexity index is 289. The maximum absolute atomic E-state index is 9.52. The van der Waals surface area contributed by atoms with Gasteiger partial charge in [-0.05, 0) is 18.2 Å². The van der Waals surface area contributed by atoms with Crippen molar-refractivity contribution >= 4 is 23.2 Å². The lowest BCUT2D eigenvalue weighted by Gasteiger charge is -2.11. The van der Waals surface area contributed by atoms with Gasteiger partial charge in [0.1, 0.15) is 0 Å². The van der Waals surface area contributed by atoms with Gasteiger partial charge in [0, 0.05) is 28.6 Å². The third-order valence-corrected chi connectivity index (χ3v) is 2.30. The summed E-state index contributed by atoms with van der Waals surface area (Å²) in [5.74, 6) is 0. The molecule has 1 aromatic rings. The molecule has 0 aliphatic rings. The first-order valence-corrected chi connectivity index (χ1v) is 4.64. The van der Waals surface area contributed by atoms with Crippen LogP contribution in [-0.4, -0.2) is 16.8 Å². The Kier molecular flexibility index (Phi) is 4.00. The SMILES string of the molecule is OCC[C@H](O)c1cc(Cl)ccc1Cl. The van der Waals surface area contributed by atoms with Gasteiger partial charge in [-0.3, -0.25) is 0 Å². The molecule has 0 saturated carbocycles. The highest BCUT2D eigenvalue weighted by atomic mass is 35.5. The zero-order valence-electron chi connectivity index (χ0n) is 6.87. The molecule has 0 unspecified atom stereocenters. The topological polar surface area (TPSA) is 40.5 Å². The molecule has 0 aliphatic carbocycles. The number of halogens is 2. The van der Waals surface area contributed by atoms with Crippen molar-refractivity contribution in [2.45, 2.75) is 12.5 Å². The molecule has 0 spiro atoms. The van der Waals surface area contributed by atoms with Crippen molar-refractivity contribution in [1.29, 1.82) is 0 Å². The Morgan fingerprint density at radius 3 is 2.62 bits per heavy atom. The van der Waals surface area contributed by atoms with E-state index in [4.69, 9.17) is 28.3 Å². The van der Waals surface area contributed by atoms with E-state index in [2.05, 4.69) is 0 Å². The lowest BCUT2D eigenvalue weighted by molar-refractivity contribution is 0.134. The number of aliphatic hydroxyl groups excluding tert-OH is 2. The van der Waals surface area contributed by atoms with Crippen LogP contribution in [0.25, 0.3) is 0 Å². The number of hydrogen-bond donors (Lipinski definition) is 2. The van der Waals surface area contributed by atoms with Gasteiger partial charge in [-0.1, -0.05) is 23.2 Å². The molecular weight excluding hydrogens is 211 g/mol. The van der Waals surface area contributed by atoms with Gasteiger partial charge in [-0.15, -0.1) is 0 Å². The molecule has 0 bridgehead atoms. The molecule has 0 aliphatic heterocycles. The number of rotatable bonds is 3. The lowest BCUT2D eigenvalue weighted by Crippen LogP contribution is -2.00. The van der Waals surface area contributed by atoms with Crippen LogP contribution in [0.3, 0.4) is 0 Å². The molecule has 4 heteroatoms. The predicted molar refractivity (Wildman–Crippen MR) is 53.1 cm³/mol. The minimum atomic E-state index is -0.754. The average Bonchev–Trinajstić information content (AvgIpc) is 2.09. The van der Waals surface area contributed by atoms with Gasteiger partial charge in [0.05, 0.1) is 6.10 Å². The smallest absolute Gasteiger partial charge is 0.0826 e. The Hall–Kier alpha value is -0.280. The van der Waals surface area contributed by atoms with Crippen LogP contribution in [0.1, 0.15) is 18.1 Å². The third kappa shape index (κ3) is 2.85. The molecule has 0 heterocycles. The number of aliphatic hydroxyl groups is 2. The van der Waals surface area contributed by atoms with E-state index < -0.39 is 6.10 Å². The molecule has 1 atom stereocenters. The van der Waals surface area contributed by atoms with Crippen LogP contribution in [0.15, 0.2) is 18.2 Å². The summed E-state index contributed by atoms with van der Waals surface area (Å²) in [5.41, 5.74) is 0.559. The Balaban J connectivity index is 2.91. The van der Waals surface area contributed by atoms with Crippen molar-refractivity contribution < 1.29 is 10.2 Å². The molecule has 0 amide bonds. The Labute approximate surface area is 86.7 Å². The number of hydrogen-bond acceptors (Lipinski definition) is 2. The normalized spacial score (nSPS) is 12.9. The summed E-state index contributed by atoms with van der Waals surface area (Å²) in [6.45, 7) is -0.0794. The van der Waals surface area contributed by atoms with Gasteiger partial charge in [0.25, 0.3) is 0 Å². The highest BCUT2D eigenvalue weighted by molar-refractivity contribution is 6.33. The van der Waals surface area contributed by atoms with Crippen LogP contribution in [0, 0.1) is 0 Å². The van der Waals surface area contributed by atoms with Gasteiger partial charge in [-0.2, -0.15) is 0 Å². The van der Waals surface area contributed by atoms with Crippen LogP contribution in [0.5, 0.6) is 0 Å². The molecule has 0 radical (unpaired) electrons. The molecule has 1 aromatic carbocycles. The highest BCUT2D eigenvalue weighted by Gasteiger charge is 2.10. The van der Waals surface area contributed by atoms with Crippen LogP contribution in [0.2, 0.25) is 10.0 Å². The van der Waals surface area contributed by atoms with Gasteiger partial charge >= 0.3 is 0 Å². The third-order valence-electron chi connectivity index (χ3n) is 1.72. The van der Waals surface area contributed by atoms with Crippen molar-refractivity contribution in [3.05, 3.63) is 33.8 Å². The molecule has 0 saturated heterocycles. The van der Waals surface area contributed by atoms with E-state index in [-0.39, 0.29) is 13.0 Å². The molecule has 2 N–H and O–H groups in total. The summed E-state index contributed by atoms with van der Waals surface area (Å²) in [4.78, 5) is 0. The molecule has 13 heavy (non-hydrogen) atoms. The van der Waals surface area contributed by atoms with Crippen LogP contribution >= 0.6 is 23.2 Å². The van der Waals surface area contributed by atoms with Crippen molar-refractivity contribution in [2.75, 3.05) is 6.61 Å². The van der Waals surface area contributed by atoms with E-state index in [1.54, 1.807) is 18.2 Å². The summed E-state index contributed by atoms with van der Waals surface area (Å²) in [6, 6.07) is 4.88. The van der Waals surface area contributed by atoms with E-state index >= 15 is 0 Å². The molecule has 72 valence electrons. The van der Waals surface area contributed by atoms with E-state index in [0.29, 0.717) is 15.6 Å².